The number of carbonyl (C=O) groups excluding carboxylic acids is 2. The van der Waals surface area contributed by atoms with Crippen LogP contribution >= 0.6 is 0 Å². The topological polar surface area (TPSA) is 115 Å². The first-order valence-electron chi connectivity index (χ1n) is 14.0. The smallest absolute Gasteiger partial charge is 0.256 e. The molecule has 4 heterocycles. The van der Waals surface area contributed by atoms with Crippen LogP contribution in [0.2, 0.25) is 0 Å². The lowest BCUT2D eigenvalue weighted by Gasteiger charge is -2.25. The Bertz CT molecular complexity index is 1430. The lowest BCUT2D eigenvalue weighted by Crippen LogP contribution is -2.49. The van der Waals surface area contributed by atoms with Crippen molar-refractivity contribution in [1.29, 1.82) is 0 Å². The van der Waals surface area contributed by atoms with Crippen LogP contribution in [-0.2, 0) is 27.4 Å². The van der Waals surface area contributed by atoms with Crippen LogP contribution in [0.3, 0.4) is 0 Å². The highest BCUT2D eigenvalue weighted by molar-refractivity contribution is 5.96. The number of aryl methyl sites for hydroxylation is 1. The van der Waals surface area contributed by atoms with Crippen molar-refractivity contribution in [2.75, 3.05) is 47.0 Å². The zero-order valence-electron chi connectivity index (χ0n) is 24.5. The number of amides is 2. The molecule has 0 unspecified atom stereocenters. The van der Waals surface area contributed by atoms with E-state index in [-0.39, 0.29) is 43.7 Å². The van der Waals surface area contributed by atoms with Crippen LogP contribution in [0.4, 0.5) is 0 Å². The molecule has 4 bridgehead atoms. The molecule has 0 spiro atoms. The quantitative estimate of drug-likeness (QED) is 0.474. The molecule has 1 saturated heterocycles. The summed E-state index contributed by atoms with van der Waals surface area (Å²) in [7, 11) is 3.22. The number of nitrogens with zero attached hydrogens (tertiary/aromatic N) is 4. The first-order chi connectivity index (χ1) is 20.3. The molecule has 1 aromatic carbocycles. The lowest BCUT2D eigenvalue weighted by molar-refractivity contribution is -0.123. The van der Waals surface area contributed by atoms with Crippen LogP contribution < -0.4 is 14.8 Å². The Balaban J connectivity index is 1.41. The van der Waals surface area contributed by atoms with E-state index in [1.807, 2.05) is 44.3 Å². The van der Waals surface area contributed by atoms with E-state index in [0.717, 1.165) is 28.1 Å². The van der Waals surface area contributed by atoms with Crippen molar-refractivity contribution >= 4 is 11.8 Å². The minimum absolute atomic E-state index is 0.134. The number of fused-ring (bicyclic) bond motifs is 5. The second-order valence-corrected chi connectivity index (χ2v) is 10.6. The van der Waals surface area contributed by atoms with Crippen LogP contribution in [-0.4, -0.2) is 90.7 Å². The Labute approximate surface area is 245 Å². The molecule has 2 atom stereocenters. The van der Waals surface area contributed by atoms with Crippen molar-refractivity contribution in [3.05, 3.63) is 76.9 Å². The first kappa shape index (κ1) is 29.4. The molecule has 2 aliphatic rings. The Morgan fingerprint density at radius 3 is 2.74 bits per heavy atom. The van der Waals surface area contributed by atoms with Crippen LogP contribution in [0, 0.1) is 13.8 Å². The van der Waals surface area contributed by atoms with Crippen LogP contribution in [0.5, 0.6) is 17.2 Å². The number of benzene rings is 1. The summed E-state index contributed by atoms with van der Waals surface area (Å²) in [5, 5.41) is 3.14. The number of aromatic nitrogens is 2. The highest BCUT2D eigenvalue weighted by atomic mass is 16.5. The standard InChI is InChI=1S/C31H37N5O6/c1-20-12-33-26(21(2)30(20)40-4)15-35-16-27-28(17-35)41-19-22-6-5-7-24(10-22)42-25-11-23(13-32-14-25)31(38)36(8-9-39-3)18-29(37)34-27/h5-7,10-14,27-28H,8-9,15-19H2,1-4H3,(H,34,37)/t27-,28-/m0/s1. The number of pyridine rings is 2. The molecular weight excluding hydrogens is 538 g/mol. The second-order valence-electron chi connectivity index (χ2n) is 10.6. The molecule has 1 fully saturated rings. The predicted molar refractivity (Wildman–Crippen MR) is 155 cm³/mol. The van der Waals surface area contributed by atoms with Gasteiger partial charge in [-0.2, -0.15) is 0 Å². The maximum absolute atomic E-state index is 13.5. The number of carbonyl (C=O) groups is 2. The van der Waals surface area contributed by atoms with E-state index in [9.17, 15) is 9.59 Å². The Morgan fingerprint density at radius 1 is 1.07 bits per heavy atom. The molecule has 0 radical (unpaired) electrons. The van der Waals surface area contributed by atoms with Crippen LogP contribution in [0.25, 0.3) is 0 Å². The third-order valence-corrected chi connectivity index (χ3v) is 7.56. The van der Waals surface area contributed by atoms with E-state index in [0.29, 0.717) is 43.3 Å². The van der Waals surface area contributed by atoms with E-state index in [4.69, 9.17) is 18.9 Å². The molecule has 3 aromatic rings. The second kappa shape index (κ2) is 13.3. The molecule has 0 saturated carbocycles. The van der Waals surface area contributed by atoms with Gasteiger partial charge in [0.15, 0.2) is 0 Å². The van der Waals surface area contributed by atoms with E-state index >= 15 is 0 Å². The molecule has 2 aliphatic heterocycles. The van der Waals surface area contributed by atoms with Gasteiger partial charge in [-0.3, -0.25) is 24.5 Å². The number of likely N-dealkylation sites (tertiary alicyclic amines) is 1. The summed E-state index contributed by atoms with van der Waals surface area (Å²) in [6.07, 6.45) is 4.57. The fourth-order valence-corrected chi connectivity index (χ4v) is 5.42. The fourth-order valence-electron chi connectivity index (χ4n) is 5.42. The number of ether oxygens (including phenoxy) is 4. The molecule has 11 nitrogen and oxygen atoms in total. The average molecular weight is 576 g/mol. The third-order valence-electron chi connectivity index (χ3n) is 7.56. The number of rotatable bonds is 6. The van der Waals surface area contributed by atoms with Gasteiger partial charge in [-0.1, -0.05) is 12.1 Å². The normalized spacial score (nSPS) is 19.7. The minimum Gasteiger partial charge on any atom is -0.496 e. The van der Waals surface area contributed by atoms with Crippen molar-refractivity contribution in [3.8, 4) is 17.2 Å². The zero-order chi connectivity index (χ0) is 29.6. The summed E-state index contributed by atoms with van der Waals surface area (Å²) in [6.45, 7) is 6.46. The highest BCUT2D eigenvalue weighted by Crippen LogP contribution is 2.27. The molecule has 2 aromatic heterocycles. The van der Waals surface area contributed by atoms with Crippen molar-refractivity contribution in [2.24, 2.45) is 0 Å². The molecule has 5 rings (SSSR count). The molecule has 222 valence electrons. The maximum atomic E-state index is 13.5. The Hall–Kier alpha value is -4.06. The molecule has 42 heavy (non-hydrogen) atoms. The maximum Gasteiger partial charge on any atom is 0.256 e. The van der Waals surface area contributed by atoms with Gasteiger partial charge in [0.1, 0.15) is 17.2 Å². The Kier molecular flexibility index (Phi) is 9.31. The third kappa shape index (κ3) is 6.87. The van der Waals surface area contributed by atoms with E-state index in [1.54, 1.807) is 26.5 Å². The van der Waals surface area contributed by atoms with Crippen molar-refractivity contribution in [2.45, 2.75) is 39.1 Å². The summed E-state index contributed by atoms with van der Waals surface area (Å²) < 4.78 is 23.3. The summed E-state index contributed by atoms with van der Waals surface area (Å²) in [4.78, 5) is 39.4. The van der Waals surface area contributed by atoms with Gasteiger partial charge in [-0.05, 0) is 37.6 Å². The lowest BCUT2D eigenvalue weighted by atomic mass is 10.1. The van der Waals surface area contributed by atoms with Crippen molar-refractivity contribution in [1.82, 2.24) is 25.1 Å². The van der Waals surface area contributed by atoms with Gasteiger partial charge in [0.05, 0.1) is 56.5 Å². The largest absolute Gasteiger partial charge is 0.496 e. The zero-order valence-corrected chi connectivity index (χ0v) is 24.5. The molecular formula is C31H37N5O6. The van der Waals surface area contributed by atoms with E-state index in [2.05, 4.69) is 20.2 Å². The van der Waals surface area contributed by atoms with Gasteiger partial charge in [0, 0.05) is 56.8 Å². The number of hydrogen-bond acceptors (Lipinski definition) is 9. The van der Waals surface area contributed by atoms with Gasteiger partial charge < -0.3 is 29.2 Å². The predicted octanol–water partition coefficient (Wildman–Crippen LogP) is 2.88. The molecule has 0 aliphatic carbocycles. The fraction of sp³-hybridized carbons (Fsp3) is 0.419. The SMILES string of the molecule is COCCN1CC(=O)N[C@H]2CN(Cc3ncc(C)c(OC)c3C)C[C@@H]2OCc2cccc(c2)Oc2cncc(c2)C1=O. The van der Waals surface area contributed by atoms with Gasteiger partial charge in [0.25, 0.3) is 5.91 Å². The van der Waals surface area contributed by atoms with Crippen molar-refractivity contribution in [3.63, 3.8) is 0 Å². The summed E-state index contributed by atoms with van der Waals surface area (Å²) >= 11 is 0. The summed E-state index contributed by atoms with van der Waals surface area (Å²) in [6, 6.07) is 8.94. The molecule has 11 heteroatoms. The number of nitrogens with one attached hydrogen (secondary N) is 1. The van der Waals surface area contributed by atoms with Gasteiger partial charge in [0.2, 0.25) is 5.91 Å². The van der Waals surface area contributed by atoms with Gasteiger partial charge in [-0.25, -0.2) is 0 Å². The summed E-state index contributed by atoms with van der Waals surface area (Å²) in [5.41, 5.74) is 4.14. The highest BCUT2D eigenvalue weighted by Gasteiger charge is 2.36. The molecule has 2 amide bonds. The van der Waals surface area contributed by atoms with Crippen LogP contribution in [0.1, 0.15) is 32.7 Å². The van der Waals surface area contributed by atoms with Gasteiger partial charge >= 0.3 is 0 Å². The number of hydrogen-bond donors (Lipinski definition) is 1. The van der Waals surface area contributed by atoms with E-state index < -0.39 is 0 Å². The minimum atomic E-state index is -0.336. The van der Waals surface area contributed by atoms with Crippen molar-refractivity contribution < 1.29 is 28.5 Å². The molecule has 1 N–H and O–H groups in total. The van der Waals surface area contributed by atoms with Crippen LogP contribution in [0.15, 0.2) is 48.9 Å². The average Bonchev–Trinajstić information content (AvgIpc) is 3.36. The Morgan fingerprint density at radius 2 is 1.93 bits per heavy atom. The van der Waals surface area contributed by atoms with Gasteiger partial charge in [-0.15, -0.1) is 0 Å². The monoisotopic (exact) mass is 575 g/mol. The van der Waals surface area contributed by atoms with E-state index in [1.165, 1.54) is 11.1 Å². The summed E-state index contributed by atoms with van der Waals surface area (Å²) in [5.74, 6) is 1.25. The number of methoxy groups -OCH3 is 2. The first-order valence-corrected chi connectivity index (χ1v) is 14.0.